The third-order valence-corrected chi connectivity index (χ3v) is 7.89. The summed E-state index contributed by atoms with van der Waals surface area (Å²) in [5.41, 5.74) is -0.634. The third-order valence-electron chi connectivity index (χ3n) is 5.14. The number of carbonyl (C=O) groups excluding carboxylic acids is 2. The fraction of sp³-hybridized carbons (Fsp3) is 0.389. The van der Waals surface area contributed by atoms with E-state index in [2.05, 4.69) is 20.5 Å². The molecule has 2 amide bonds. The van der Waals surface area contributed by atoms with Crippen LogP contribution >= 0.6 is 35.3 Å². The summed E-state index contributed by atoms with van der Waals surface area (Å²) in [6.45, 7) is 3.07. The van der Waals surface area contributed by atoms with Crippen molar-refractivity contribution in [3.05, 3.63) is 29.5 Å². The fourth-order valence-electron chi connectivity index (χ4n) is 3.67. The van der Waals surface area contributed by atoms with Gasteiger partial charge in [0.25, 0.3) is 0 Å². The number of carbonyl (C=O) groups is 3. The Labute approximate surface area is 219 Å². The van der Waals surface area contributed by atoms with Crippen LogP contribution in [0.2, 0.25) is 0 Å². The van der Waals surface area contributed by atoms with Crippen LogP contribution in [-0.2, 0) is 19.8 Å². The van der Waals surface area contributed by atoms with E-state index in [9.17, 15) is 19.5 Å². The van der Waals surface area contributed by atoms with Gasteiger partial charge in [0.2, 0.25) is 16.9 Å². The van der Waals surface area contributed by atoms with E-state index in [1.807, 2.05) is 0 Å². The van der Waals surface area contributed by atoms with Gasteiger partial charge in [-0.3, -0.25) is 19.4 Å². The van der Waals surface area contributed by atoms with Crippen LogP contribution in [0.3, 0.4) is 0 Å². The van der Waals surface area contributed by atoms with Gasteiger partial charge >= 0.3 is 35.5 Å². The summed E-state index contributed by atoms with van der Waals surface area (Å²) in [7, 11) is 0. The minimum atomic E-state index is -1.40. The van der Waals surface area contributed by atoms with E-state index in [-0.39, 0.29) is 69.2 Å². The number of amides is 2. The standard InChI is InChI=1S/C18H18N6O4S3.Na.H/c1-9(25)20-17-22-21-15(31-17)18(16(27)28)7-23-13(26)12(14(23)30-8-18)24(10(2)29)11-3-5-19-6-4-11;;/h3-6,12,14H,7-8H2,1-2H3,(H,27,28)(H,20,22,25);;/t12?,14-,18?;;/m1../s1. The normalized spacial score (nSPS) is 23.9. The number of nitrogens with zero attached hydrogens (tertiary/aromatic N) is 5. The first kappa shape index (κ1) is 25.0. The van der Waals surface area contributed by atoms with Gasteiger partial charge in [-0.05, 0) is 19.1 Å². The molecule has 32 heavy (non-hydrogen) atoms. The molecule has 10 nitrogen and oxygen atoms in total. The second kappa shape index (κ2) is 9.69. The zero-order chi connectivity index (χ0) is 22.3. The molecule has 2 aromatic rings. The van der Waals surface area contributed by atoms with Crippen LogP contribution in [0, 0.1) is 0 Å². The first-order chi connectivity index (χ1) is 14.7. The van der Waals surface area contributed by atoms with Crippen molar-refractivity contribution in [3.8, 4) is 0 Å². The number of anilines is 2. The van der Waals surface area contributed by atoms with Crippen molar-refractivity contribution >= 4 is 98.5 Å². The zero-order valence-corrected chi connectivity index (χ0v) is 19.0. The summed E-state index contributed by atoms with van der Waals surface area (Å²) in [5, 5.41) is 20.7. The topological polar surface area (TPSA) is 129 Å². The monoisotopic (exact) mass is 502 g/mol. The molecule has 4 rings (SSSR count). The molecule has 3 atom stereocenters. The van der Waals surface area contributed by atoms with E-state index in [1.165, 1.54) is 18.7 Å². The Bertz CT molecular complexity index is 1070. The zero-order valence-electron chi connectivity index (χ0n) is 16.5. The van der Waals surface area contributed by atoms with Gasteiger partial charge in [0.05, 0.1) is 4.99 Å². The number of aromatic nitrogens is 3. The molecule has 2 aliphatic rings. The average Bonchev–Trinajstić information content (AvgIpc) is 3.19. The van der Waals surface area contributed by atoms with Gasteiger partial charge in [0, 0.05) is 37.3 Å². The SMILES string of the molecule is CC(=O)Nc1nnc(C2(C(=O)O)CS[C@@H]3C(N(C(C)=S)c4ccncc4)C(=O)N3C2)s1.[NaH]. The maximum absolute atomic E-state index is 13.1. The molecular formula is C18H19N6NaO4S3. The Balaban J connectivity index is 0.00000289. The molecule has 2 fully saturated rings. The number of thioether (sulfide) groups is 1. The van der Waals surface area contributed by atoms with E-state index in [1.54, 1.807) is 41.2 Å². The van der Waals surface area contributed by atoms with Gasteiger partial charge in [0.1, 0.15) is 21.8 Å². The number of hydrogen-bond donors (Lipinski definition) is 2. The molecule has 164 valence electrons. The van der Waals surface area contributed by atoms with Crippen molar-refractivity contribution in [2.75, 3.05) is 22.5 Å². The number of rotatable bonds is 5. The summed E-state index contributed by atoms with van der Waals surface area (Å²) in [6.07, 6.45) is 3.26. The second-order valence-corrected chi connectivity index (χ2v) is 9.86. The first-order valence-corrected chi connectivity index (χ1v) is 11.5. The Morgan fingerprint density at radius 1 is 1.31 bits per heavy atom. The Kier molecular flexibility index (Phi) is 7.57. The Morgan fingerprint density at radius 2 is 2.00 bits per heavy atom. The van der Waals surface area contributed by atoms with Gasteiger partial charge in [-0.2, -0.15) is 0 Å². The summed E-state index contributed by atoms with van der Waals surface area (Å²) in [5.74, 6) is -1.40. The van der Waals surface area contributed by atoms with Gasteiger partial charge < -0.3 is 20.2 Å². The number of nitrogens with one attached hydrogen (secondary N) is 1. The van der Waals surface area contributed by atoms with Crippen LogP contribution in [0.25, 0.3) is 0 Å². The first-order valence-electron chi connectivity index (χ1n) is 9.21. The summed E-state index contributed by atoms with van der Waals surface area (Å²) in [4.78, 5) is 44.6. The third kappa shape index (κ3) is 4.29. The summed E-state index contributed by atoms with van der Waals surface area (Å²) < 4.78 is 0. The van der Waals surface area contributed by atoms with Crippen LogP contribution in [-0.4, -0.2) is 101 Å². The van der Waals surface area contributed by atoms with Crippen molar-refractivity contribution in [3.63, 3.8) is 0 Å². The number of fused-ring (bicyclic) bond motifs is 1. The number of carboxylic acid groups (broad SMARTS) is 1. The van der Waals surface area contributed by atoms with E-state index < -0.39 is 17.4 Å². The molecule has 0 spiro atoms. The molecule has 0 aromatic carbocycles. The molecule has 2 saturated heterocycles. The molecule has 0 bridgehead atoms. The molecule has 14 heteroatoms. The van der Waals surface area contributed by atoms with Gasteiger partial charge in [-0.25, -0.2) is 0 Å². The average molecular weight is 503 g/mol. The van der Waals surface area contributed by atoms with Crippen LogP contribution in [0.5, 0.6) is 0 Å². The van der Waals surface area contributed by atoms with Crippen molar-refractivity contribution in [2.24, 2.45) is 0 Å². The number of carboxylic acids is 1. The number of thiocarbonyl (C=S) groups is 1. The maximum atomic E-state index is 13.1. The molecule has 2 unspecified atom stereocenters. The predicted molar refractivity (Wildman–Crippen MR) is 127 cm³/mol. The van der Waals surface area contributed by atoms with Gasteiger partial charge in [-0.1, -0.05) is 23.6 Å². The van der Waals surface area contributed by atoms with Crippen LogP contribution < -0.4 is 10.2 Å². The van der Waals surface area contributed by atoms with Gasteiger partial charge in [-0.15, -0.1) is 22.0 Å². The second-order valence-electron chi connectivity index (χ2n) is 7.19. The summed E-state index contributed by atoms with van der Waals surface area (Å²) in [6, 6.07) is 3.05. The number of hydrogen-bond acceptors (Lipinski definition) is 9. The molecule has 2 aliphatic heterocycles. The van der Waals surface area contributed by atoms with Crippen LogP contribution in [0.4, 0.5) is 10.8 Å². The molecule has 2 N–H and O–H groups in total. The van der Waals surface area contributed by atoms with E-state index >= 15 is 0 Å². The number of pyridine rings is 1. The van der Waals surface area contributed by atoms with Crippen molar-refractivity contribution in [1.29, 1.82) is 0 Å². The van der Waals surface area contributed by atoms with E-state index in [4.69, 9.17) is 12.2 Å². The van der Waals surface area contributed by atoms with E-state index in [0.717, 1.165) is 17.0 Å². The van der Waals surface area contributed by atoms with Crippen LogP contribution in [0.1, 0.15) is 18.9 Å². The Morgan fingerprint density at radius 3 is 2.59 bits per heavy atom. The molecule has 4 heterocycles. The van der Waals surface area contributed by atoms with Crippen LogP contribution in [0.15, 0.2) is 24.5 Å². The molecular weight excluding hydrogens is 483 g/mol. The quantitative estimate of drug-likeness (QED) is 0.343. The number of aliphatic carboxylic acids is 1. The van der Waals surface area contributed by atoms with Gasteiger partial charge in [0.15, 0.2) is 0 Å². The number of β-lactam (4-membered cyclic amide) rings is 1. The van der Waals surface area contributed by atoms with E-state index in [0.29, 0.717) is 4.99 Å². The molecule has 0 saturated carbocycles. The van der Waals surface area contributed by atoms with Crippen molar-refractivity contribution < 1.29 is 19.5 Å². The van der Waals surface area contributed by atoms with Crippen molar-refractivity contribution in [2.45, 2.75) is 30.7 Å². The summed E-state index contributed by atoms with van der Waals surface area (Å²) >= 11 is 7.79. The fourth-order valence-corrected chi connectivity index (χ4v) is 6.52. The Hall–Kier alpha value is -1.64. The minimum absolute atomic E-state index is 0. The van der Waals surface area contributed by atoms with Crippen molar-refractivity contribution in [1.82, 2.24) is 20.1 Å². The predicted octanol–water partition coefficient (Wildman–Crippen LogP) is 0.703. The molecule has 0 aliphatic carbocycles. The molecule has 0 radical (unpaired) electrons. The molecule has 2 aromatic heterocycles.